The summed E-state index contributed by atoms with van der Waals surface area (Å²) in [5.74, 6) is 0. The fourth-order valence-electron chi connectivity index (χ4n) is 1.03. The Morgan fingerprint density at radius 1 is 1.25 bits per heavy atom. The molecule has 0 nitrogen and oxygen atoms in total. The zero-order valence-electron chi connectivity index (χ0n) is 9.15. The number of hydrogen-bond donors (Lipinski definition) is 0. The van der Waals surface area contributed by atoms with Crippen LogP contribution in [-0.2, 0) is 0 Å². The van der Waals surface area contributed by atoms with Crippen molar-refractivity contribution in [1.82, 2.24) is 0 Å². The van der Waals surface area contributed by atoms with Crippen LogP contribution in [0.4, 0.5) is 0 Å². The largest absolute Gasteiger partial charge is 0.0882 e. The summed E-state index contributed by atoms with van der Waals surface area (Å²) in [4.78, 5) is 0. The minimum Gasteiger partial charge on any atom is -0.0882 e. The Morgan fingerprint density at radius 3 is 2.17 bits per heavy atom. The van der Waals surface area contributed by atoms with Gasteiger partial charge in [-0.2, -0.15) is 0 Å². The molecule has 0 saturated heterocycles. The molecule has 0 N–H and O–H groups in total. The van der Waals surface area contributed by atoms with Crippen molar-refractivity contribution in [3.8, 4) is 0 Å². The summed E-state index contributed by atoms with van der Waals surface area (Å²) in [6, 6.07) is 0. The molecule has 0 radical (unpaired) electrons. The van der Waals surface area contributed by atoms with Crippen molar-refractivity contribution in [2.24, 2.45) is 5.41 Å². The van der Waals surface area contributed by atoms with Gasteiger partial charge in [0.2, 0.25) is 0 Å². The first-order valence-electron chi connectivity index (χ1n) is 4.81. The zero-order chi connectivity index (χ0) is 9.61. The van der Waals surface area contributed by atoms with Crippen LogP contribution in [0.1, 0.15) is 47.5 Å². The second-order valence-corrected chi connectivity index (χ2v) is 4.27. The average molecular weight is 166 g/mol. The van der Waals surface area contributed by atoms with Crippen molar-refractivity contribution < 1.29 is 0 Å². The molecule has 0 unspecified atom stereocenters. The van der Waals surface area contributed by atoms with Crippen LogP contribution < -0.4 is 0 Å². The van der Waals surface area contributed by atoms with Gasteiger partial charge in [0.1, 0.15) is 0 Å². The van der Waals surface area contributed by atoms with Crippen molar-refractivity contribution in [2.75, 3.05) is 0 Å². The van der Waals surface area contributed by atoms with Gasteiger partial charge in [-0.25, -0.2) is 0 Å². The second kappa shape index (κ2) is 5.18. The molecule has 0 amide bonds. The minimum atomic E-state index is 0.326. The Morgan fingerprint density at radius 2 is 1.83 bits per heavy atom. The summed E-state index contributed by atoms with van der Waals surface area (Å²) in [5, 5.41) is 0. The Bertz CT molecular complexity index is 165. The predicted molar refractivity (Wildman–Crippen MR) is 57.3 cm³/mol. The van der Waals surface area contributed by atoms with Crippen LogP contribution in [0.15, 0.2) is 23.8 Å². The summed E-state index contributed by atoms with van der Waals surface area (Å²) in [6.45, 7) is 11.0. The molecule has 0 aliphatic rings. The average Bonchev–Trinajstić information content (AvgIpc) is 1.96. The summed E-state index contributed by atoms with van der Waals surface area (Å²) in [7, 11) is 0. The monoisotopic (exact) mass is 166 g/mol. The summed E-state index contributed by atoms with van der Waals surface area (Å²) < 4.78 is 0. The summed E-state index contributed by atoms with van der Waals surface area (Å²) >= 11 is 0. The lowest BCUT2D eigenvalue weighted by molar-refractivity contribution is 0.542. The van der Waals surface area contributed by atoms with Crippen LogP contribution in [0.2, 0.25) is 0 Å². The molecule has 0 heteroatoms. The van der Waals surface area contributed by atoms with E-state index in [0.29, 0.717) is 5.41 Å². The molecule has 0 aromatic carbocycles. The molecule has 12 heavy (non-hydrogen) atoms. The first kappa shape index (κ1) is 11.5. The van der Waals surface area contributed by atoms with E-state index >= 15 is 0 Å². The Kier molecular flexibility index (Phi) is 4.96. The van der Waals surface area contributed by atoms with Crippen LogP contribution >= 0.6 is 0 Å². The van der Waals surface area contributed by atoms with Gasteiger partial charge in [0.05, 0.1) is 0 Å². The van der Waals surface area contributed by atoms with Crippen molar-refractivity contribution in [3.63, 3.8) is 0 Å². The maximum atomic E-state index is 2.28. The van der Waals surface area contributed by atoms with E-state index in [1.807, 2.05) is 0 Å². The molecule has 0 bridgehead atoms. The van der Waals surface area contributed by atoms with E-state index in [1.54, 1.807) is 0 Å². The maximum Gasteiger partial charge on any atom is -0.0139 e. The van der Waals surface area contributed by atoms with E-state index in [2.05, 4.69) is 52.8 Å². The van der Waals surface area contributed by atoms with E-state index < -0.39 is 0 Å². The van der Waals surface area contributed by atoms with E-state index in [0.717, 1.165) is 6.42 Å². The van der Waals surface area contributed by atoms with Crippen LogP contribution in [0, 0.1) is 5.41 Å². The SMILES string of the molecule is CC=C(CC)CC=CC(C)(C)C. The fourth-order valence-corrected chi connectivity index (χ4v) is 1.03. The molecular weight excluding hydrogens is 144 g/mol. The molecule has 0 heterocycles. The van der Waals surface area contributed by atoms with Gasteiger partial charge in [-0.1, -0.05) is 51.5 Å². The molecule has 0 atom stereocenters. The van der Waals surface area contributed by atoms with E-state index in [9.17, 15) is 0 Å². The molecule has 70 valence electrons. The Hall–Kier alpha value is -0.520. The van der Waals surface area contributed by atoms with Crippen LogP contribution in [0.5, 0.6) is 0 Å². The first-order chi connectivity index (χ1) is 5.49. The minimum absolute atomic E-state index is 0.326. The number of allylic oxidation sites excluding steroid dienone is 4. The van der Waals surface area contributed by atoms with Gasteiger partial charge in [-0.15, -0.1) is 0 Å². The van der Waals surface area contributed by atoms with Gasteiger partial charge in [-0.05, 0) is 25.2 Å². The fraction of sp³-hybridized carbons (Fsp3) is 0.667. The quantitative estimate of drug-likeness (QED) is 0.547. The highest BCUT2D eigenvalue weighted by atomic mass is 14.1. The lowest BCUT2D eigenvalue weighted by Gasteiger charge is -2.11. The van der Waals surface area contributed by atoms with Crippen LogP contribution in [-0.4, -0.2) is 0 Å². The van der Waals surface area contributed by atoms with Crippen molar-refractivity contribution >= 4 is 0 Å². The van der Waals surface area contributed by atoms with Crippen molar-refractivity contribution in [2.45, 2.75) is 47.5 Å². The van der Waals surface area contributed by atoms with E-state index in [4.69, 9.17) is 0 Å². The number of hydrogen-bond acceptors (Lipinski definition) is 0. The summed E-state index contributed by atoms with van der Waals surface area (Å²) in [5.41, 5.74) is 1.85. The zero-order valence-corrected chi connectivity index (χ0v) is 9.15. The van der Waals surface area contributed by atoms with Gasteiger partial charge in [0.25, 0.3) is 0 Å². The lowest BCUT2D eigenvalue weighted by atomic mass is 9.95. The molecule has 0 spiro atoms. The molecular formula is C12H22. The third kappa shape index (κ3) is 6.21. The van der Waals surface area contributed by atoms with Gasteiger partial charge in [0.15, 0.2) is 0 Å². The topological polar surface area (TPSA) is 0 Å². The lowest BCUT2D eigenvalue weighted by Crippen LogP contribution is -1.98. The highest BCUT2D eigenvalue weighted by Gasteiger charge is 2.02. The molecule has 0 aliphatic carbocycles. The maximum absolute atomic E-state index is 2.28. The highest BCUT2D eigenvalue weighted by molar-refractivity contribution is 5.07. The van der Waals surface area contributed by atoms with Crippen molar-refractivity contribution in [1.29, 1.82) is 0 Å². The number of rotatable bonds is 3. The van der Waals surface area contributed by atoms with E-state index in [1.165, 1.54) is 12.0 Å². The van der Waals surface area contributed by atoms with Crippen molar-refractivity contribution in [3.05, 3.63) is 23.8 Å². The molecule has 0 saturated carbocycles. The van der Waals surface area contributed by atoms with Gasteiger partial charge in [0, 0.05) is 0 Å². The third-order valence-electron chi connectivity index (χ3n) is 1.86. The molecule has 0 rings (SSSR count). The normalized spacial score (nSPS) is 14.2. The standard InChI is InChI=1S/C12H22/c1-6-11(7-2)9-8-10-12(3,4)5/h6,8,10H,7,9H2,1-5H3. The van der Waals surface area contributed by atoms with Gasteiger partial charge >= 0.3 is 0 Å². The van der Waals surface area contributed by atoms with Gasteiger partial charge in [-0.3, -0.25) is 0 Å². The first-order valence-corrected chi connectivity index (χ1v) is 4.81. The molecule has 0 fully saturated rings. The second-order valence-electron chi connectivity index (χ2n) is 4.27. The molecule has 0 aromatic rings. The molecule has 0 aromatic heterocycles. The Balaban J connectivity index is 3.90. The third-order valence-corrected chi connectivity index (χ3v) is 1.86. The van der Waals surface area contributed by atoms with Gasteiger partial charge < -0.3 is 0 Å². The van der Waals surface area contributed by atoms with Crippen LogP contribution in [0.25, 0.3) is 0 Å². The smallest absolute Gasteiger partial charge is 0.0139 e. The van der Waals surface area contributed by atoms with E-state index in [-0.39, 0.29) is 0 Å². The molecule has 0 aliphatic heterocycles. The Labute approximate surface area is 77.4 Å². The highest BCUT2D eigenvalue weighted by Crippen LogP contribution is 2.16. The van der Waals surface area contributed by atoms with Crippen LogP contribution in [0.3, 0.4) is 0 Å². The predicted octanol–water partition coefficient (Wildman–Crippen LogP) is 4.34. The summed E-state index contributed by atoms with van der Waals surface area (Å²) in [6.07, 6.45) is 9.06.